The molecule has 3 rings (SSSR count). The van der Waals surface area contributed by atoms with E-state index in [-0.39, 0.29) is 36.5 Å². The van der Waals surface area contributed by atoms with Crippen LogP contribution < -0.4 is 14.8 Å². The third-order valence-electron chi connectivity index (χ3n) is 5.91. The lowest BCUT2D eigenvalue weighted by atomic mass is 9.82. The Morgan fingerprint density at radius 2 is 1.94 bits per heavy atom. The Labute approximate surface area is 181 Å². The molecule has 1 aliphatic carbocycles. The van der Waals surface area contributed by atoms with Crippen molar-refractivity contribution >= 4 is 16.3 Å². The zero-order valence-corrected chi connectivity index (χ0v) is 18.4. The average Bonchev–Trinajstić information content (AvgIpc) is 2.71. The Morgan fingerprint density at radius 3 is 2.61 bits per heavy atom. The molecule has 0 unspecified atom stereocenters. The number of carbonyl (C=O) groups is 1. The quantitative estimate of drug-likeness (QED) is 0.549. The van der Waals surface area contributed by atoms with E-state index in [1.54, 1.807) is 0 Å². The van der Waals surface area contributed by atoms with E-state index in [2.05, 4.69) is 10.0 Å². The molecule has 10 heteroatoms. The van der Waals surface area contributed by atoms with Crippen LogP contribution in [-0.4, -0.2) is 58.9 Å². The second-order valence-corrected chi connectivity index (χ2v) is 10.1. The molecule has 1 aromatic carbocycles. The lowest BCUT2D eigenvalue weighted by Crippen LogP contribution is -2.55. The molecule has 1 aliphatic heterocycles. The second kappa shape index (κ2) is 10.8. The zero-order valence-electron chi connectivity index (χ0n) is 17.6. The molecule has 0 amide bonds. The summed E-state index contributed by atoms with van der Waals surface area (Å²) in [7, 11) is -3.30. The number of halogens is 2. The topological polar surface area (TPSA) is 93.7 Å². The summed E-state index contributed by atoms with van der Waals surface area (Å²) in [6.45, 7) is 0.924. The van der Waals surface area contributed by atoms with E-state index in [0.29, 0.717) is 44.1 Å². The Kier molecular flexibility index (Phi) is 8.37. The molecule has 31 heavy (non-hydrogen) atoms. The first-order valence-electron chi connectivity index (χ1n) is 10.6. The summed E-state index contributed by atoms with van der Waals surface area (Å²) >= 11 is 0. The minimum Gasteiger partial charge on any atom is -0.483 e. The van der Waals surface area contributed by atoms with Crippen LogP contribution in [0.15, 0.2) is 12.1 Å². The van der Waals surface area contributed by atoms with Crippen LogP contribution in [0.25, 0.3) is 0 Å². The monoisotopic (exact) mass is 460 g/mol. The van der Waals surface area contributed by atoms with E-state index in [9.17, 15) is 22.0 Å². The van der Waals surface area contributed by atoms with Gasteiger partial charge in [0.1, 0.15) is 12.4 Å². The number of nitrogens with one attached hydrogen (secondary N) is 2. The number of hydrogen-bond acceptors (Lipinski definition) is 6. The van der Waals surface area contributed by atoms with E-state index >= 15 is 0 Å². The van der Waals surface area contributed by atoms with E-state index in [4.69, 9.17) is 9.47 Å². The minimum absolute atomic E-state index is 0.00314. The predicted octanol–water partition coefficient (Wildman–Crippen LogP) is 2.26. The highest BCUT2D eigenvalue weighted by atomic mass is 32.2. The average molecular weight is 461 g/mol. The minimum atomic E-state index is -3.30. The third kappa shape index (κ3) is 6.93. The molecule has 2 fully saturated rings. The number of ether oxygens (including phenoxy) is 2. The highest BCUT2D eigenvalue weighted by Gasteiger charge is 2.30. The summed E-state index contributed by atoms with van der Waals surface area (Å²) in [4.78, 5) is 10.6. The van der Waals surface area contributed by atoms with Gasteiger partial charge in [0, 0.05) is 23.7 Å². The lowest BCUT2D eigenvalue weighted by molar-refractivity contribution is -0.109. The molecule has 0 radical (unpaired) electrons. The van der Waals surface area contributed by atoms with E-state index in [1.165, 1.54) is 6.07 Å². The summed E-state index contributed by atoms with van der Waals surface area (Å²) < 4.78 is 65.2. The van der Waals surface area contributed by atoms with Gasteiger partial charge in [-0.1, -0.05) is 0 Å². The fourth-order valence-corrected chi connectivity index (χ4v) is 5.31. The van der Waals surface area contributed by atoms with Crippen molar-refractivity contribution in [2.75, 3.05) is 26.0 Å². The molecule has 1 heterocycles. The van der Waals surface area contributed by atoms with Gasteiger partial charge in [-0.25, -0.2) is 21.9 Å². The van der Waals surface area contributed by atoms with Gasteiger partial charge in [-0.05, 0) is 57.1 Å². The molecular formula is C21H30F2N2O5S. The summed E-state index contributed by atoms with van der Waals surface area (Å²) in [5, 5.41) is 3.33. The molecule has 2 aliphatic rings. The number of carbonyl (C=O) groups excluding carboxylic acids is 1. The van der Waals surface area contributed by atoms with Crippen LogP contribution >= 0.6 is 0 Å². The smallest absolute Gasteiger partial charge is 0.209 e. The van der Waals surface area contributed by atoms with Crippen LogP contribution in [-0.2, 0) is 19.6 Å². The number of benzene rings is 1. The molecule has 2 atom stereocenters. The van der Waals surface area contributed by atoms with Crippen molar-refractivity contribution in [3.05, 3.63) is 29.3 Å². The maximum atomic E-state index is 14.2. The largest absolute Gasteiger partial charge is 0.483 e. The van der Waals surface area contributed by atoms with Crippen molar-refractivity contribution < 1.29 is 31.5 Å². The zero-order chi connectivity index (χ0) is 22.4. The van der Waals surface area contributed by atoms with E-state index in [1.807, 2.05) is 0 Å². The summed E-state index contributed by atoms with van der Waals surface area (Å²) in [5.41, 5.74) is 0.448. The number of piperidine rings is 1. The Balaban J connectivity index is 1.56. The summed E-state index contributed by atoms with van der Waals surface area (Å²) in [6, 6.07) is 1.74. The normalized spacial score (nSPS) is 27.1. The first-order chi connectivity index (χ1) is 14.8. The van der Waals surface area contributed by atoms with Gasteiger partial charge in [-0.15, -0.1) is 0 Å². The highest BCUT2D eigenvalue weighted by molar-refractivity contribution is 7.88. The van der Waals surface area contributed by atoms with Crippen LogP contribution in [0.3, 0.4) is 0 Å². The van der Waals surface area contributed by atoms with Gasteiger partial charge >= 0.3 is 0 Å². The molecule has 174 valence electrons. The van der Waals surface area contributed by atoms with Gasteiger partial charge in [0.05, 0.1) is 19.0 Å². The lowest BCUT2D eigenvalue weighted by Gasteiger charge is -2.35. The molecule has 1 aromatic rings. The van der Waals surface area contributed by atoms with Crippen molar-refractivity contribution in [1.29, 1.82) is 0 Å². The van der Waals surface area contributed by atoms with E-state index < -0.39 is 21.7 Å². The first-order valence-corrected chi connectivity index (χ1v) is 12.5. The van der Waals surface area contributed by atoms with E-state index in [0.717, 1.165) is 31.7 Å². The molecule has 1 saturated heterocycles. The molecule has 0 spiro atoms. The van der Waals surface area contributed by atoms with Crippen molar-refractivity contribution in [1.82, 2.24) is 10.0 Å². The molecule has 7 nitrogen and oxygen atoms in total. The van der Waals surface area contributed by atoms with Crippen LogP contribution in [0.5, 0.6) is 5.75 Å². The van der Waals surface area contributed by atoms with Gasteiger partial charge < -0.3 is 14.8 Å². The van der Waals surface area contributed by atoms with Crippen molar-refractivity contribution in [3.8, 4) is 5.75 Å². The Morgan fingerprint density at radius 1 is 1.19 bits per heavy atom. The molecule has 0 bridgehead atoms. The molecule has 0 aromatic heterocycles. The van der Waals surface area contributed by atoms with Gasteiger partial charge in [0.15, 0.2) is 17.9 Å². The van der Waals surface area contributed by atoms with Gasteiger partial charge in [0.2, 0.25) is 10.0 Å². The van der Waals surface area contributed by atoms with Crippen LogP contribution in [0.2, 0.25) is 0 Å². The molecule has 1 saturated carbocycles. The fourth-order valence-electron chi connectivity index (χ4n) is 4.48. The standard InChI is InChI=1S/C21H30F2N2O5S/c1-31(27,28)25-19-3-2-8-24-20(19)13-30-16-6-4-14(5-7-16)17-11-15(22)12-18(23)21(17)29-10-9-26/h9,11-12,14,16,19-20,24-25H,2-8,10,13H2,1H3/t14-,16+,19-,20-/m0/s1. The van der Waals surface area contributed by atoms with Gasteiger partial charge in [0.25, 0.3) is 0 Å². The number of sulfonamides is 1. The van der Waals surface area contributed by atoms with Crippen molar-refractivity contribution in [2.24, 2.45) is 0 Å². The number of rotatable bonds is 9. The highest BCUT2D eigenvalue weighted by Crippen LogP contribution is 2.40. The first kappa shape index (κ1) is 24.0. The third-order valence-corrected chi connectivity index (χ3v) is 6.64. The maximum absolute atomic E-state index is 14.2. The fraction of sp³-hybridized carbons (Fsp3) is 0.667. The van der Waals surface area contributed by atoms with Crippen LogP contribution in [0, 0.1) is 11.6 Å². The number of aldehydes is 1. The Hall–Kier alpha value is -1.62. The van der Waals surface area contributed by atoms with Crippen LogP contribution in [0.1, 0.15) is 50.0 Å². The SMILES string of the molecule is CS(=O)(=O)N[C@H]1CCCN[C@H]1CO[C@H]1CC[C@@H](c2cc(F)cc(F)c2OCC=O)CC1. The van der Waals surface area contributed by atoms with Gasteiger partial charge in [-0.3, -0.25) is 4.79 Å². The second-order valence-electron chi connectivity index (χ2n) is 8.29. The Bertz CT molecular complexity index is 860. The molecular weight excluding hydrogens is 430 g/mol. The summed E-state index contributed by atoms with van der Waals surface area (Å²) in [6.07, 6.45) is 6.12. The van der Waals surface area contributed by atoms with Crippen LogP contribution in [0.4, 0.5) is 8.78 Å². The van der Waals surface area contributed by atoms with Gasteiger partial charge in [-0.2, -0.15) is 0 Å². The summed E-state index contributed by atoms with van der Waals surface area (Å²) in [5.74, 6) is -1.61. The van der Waals surface area contributed by atoms with Crippen molar-refractivity contribution in [3.63, 3.8) is 0 Å². The molecule has 2 N–H and O–H groups in total. The predicted molar refractivity (Wildman–Crippen MR) is 112 cm³/mol. The maximum Gasteiger partial charge on any atom is 0.209 e. The number of hydrogen-bond donors (Lipinski definition) is 2. The van der Waals surface area contributed by atoms with Crippen molar-refractivity contribution in [2.45, 2.75) is 62.6 Å².